The Kier molecular flexibility index (Phi) is 4.49. The molecule has 0 fully saturated rings. The van der Waals surface area contributed by atoms with Crippen molar-refractivity contribution in [2.24, 2.45) is 0 Å². The Balaban J connectivity index is 1.63. The Morgan fingerprint density at radius 2 is 2.11 bits per heavy atom. The smallest absolute Gasteiger partial charge is 0.319 e. The van der Waals surface area contributed by atoms with Crippen molar-refractivity contribution in [3.63, 3.8) is 0 Å². The third-order valence-corrected chi connectivity index (χ3v) is 4.47. The van der Waals surface area contributed by atoms with Gasteiger partial charge in [0.2, 0.25) is 5.78 Å². The standard InChI is InChI=1S/C21H19N3O4/c1-3-22-21(26)24-13-4-7-18-16(9-13)20(25)19(28-18)8-12-11-23-17-6-5-14(27-2)10-15(12)17/h4-11,23H,3H2,1-2H3,(H2,22,24,26). The molecule has 7 heteroatoms. The number of aromatic nitrogens is 1. The number of ketones is 1. The number of amides is 2. The molecule has 0 atom stereocenters. The van der Waals surface area contributed by atoms with Gasteiger partial charge >= 0.3 is 6.03 Å². The number of H-pyrrole nitrogens is 1. The Morgan fingerprint density at radius 1 is 1.25 bits per heavy atom. The number of fused-ring (bicyclic) bond motifs is 2. The van der Waals surface area contributed by atoms with Crippen LogP contribution in [0.5, 0.6) is 11.5 Å². The van der Waals surface area contributed by atoms with Crippen molar-refractivity contribution < 1.29 is 19.1 Å². The van der Waals surface area contributed by atoms with Gasteiger partial charge in [-0.2, -0.15) is 0 Å². The van der Waals surface area contributed by atoms with E-state index in [9.17, 15) is 9.59 Å². The van der Waals surface area contributed by atoms with Crippen molar-refractivity contribution in [2.75, 3.05) is 19.0 Å². The molecule has 142 valence electrons. The molecule has 3 N–H and O–H groups in total. The Bertz CT molecular complexity index is 1110. The minimum absolute atomic E-state index is 0.230. The van der Waals surface area contributed by atoms with Gasteiger partial charge in [0.05, 0.1) is 12.7 Å². The second kappa shape index (κ2) is 7.11. The molecule has 28 heavy (non-hydrogen) atoms. The number of allylic oxidation sites excluding steroid dienone is 1. The number of carbonyl (C=O) groups is 2. The van der Waals surface area contributed by atoms with Crippen LogP contribution in [0, 0.1) is 0 Å². The summed E-state index contributed by atoms with van der Waals surface area (Å²) in [4.78, 5) is 27.6. The molecule has 1 aromatic heterocycles. The molecule has 0 bridgehead atoms. The lowest BCUT2D eigenvalue weighted by Crippen LogP contribution is -2.28. The highest BCUT2D eigenvalue weighted by molar-refractivity contribution is 6.15. The molecule has 0 saturated carbocycles. The minimum atomic E-state index is -0.322. The monoisotopic (exact) mass is 377 g/mol. The molecule has 0 saturated heterocycles. The number of rotatable bonds is 4. The van der Waals surface area contributed by atoms with Gasteiger partial charge in [-0.05, 0) is 49.4 Å². The summed E-state index contributed by atoms with van der Waals surface area (Å²) in [6.45, 7) is 2.35. The highest BCUT2D eigenvalue weighted by atomic mass is 16.5. The first-order valence-electron chi connectivity index (χ1n) is 8.87. The van der Waals surface area contributed by atoms with E-state index in [-0.39, 0.29) is 17.6 Å². The van der Waals surface area contributed by atoms with E-state index in [1.165, 1.54) is 0 Å². The van der Waals surface area contributed by atoms with Gasteiger partial charge in [0.1, 0.15) is 11.5 Å². The van der Waals surface area contributed by atoms with Crippen LogP contribution in [0.25, 0.3) is 17.0 Å². The van der Waals surface area contributed by atoms with E-state index >= 15 is 0 Å². The quantitative estimate of drug-likeness (QED) is 0.601. The summed E-state index contributed by atoms with van der Waals surface area (Å²) in [5.74, 6) is 1.20. The molecule has 2 heterocycles. The Morgan fingerprint density at radius 3 is 2.89 bits per heavy atom. The summed E-state index contributed by atoms with van der Waals surface area (Å²) in [7, 11) is 1.61. The maximum Gasteiger partial charge on any atom is 0.319 e. The number of hydrogen-bond acceptors (Lipinski definition) is 4. The number of carbonyl (C=O) groups excluding carboxylic acids is 2. The second-order valence-corrected chi connectivity index (χ2v) is 6.29. The molecular formula is C21H19N3O4. The first-order valence-corrected chi connectivity index (χ1v) is 8.87. The molecule has 2 amide bonds. The number of anilines is 1. The number of ether oxygens (including phenoxy) is 2. The number of urea groups is 1. The number of benzene rings is 2. The minimum Gasteiger partial charge on any atom is -0.497 e. The molecule has 0 unspecified atom stereocenters. The zero-order valence-electron chi connectivity index (χ0n) is 15.5. The average molecular weight is 377 g/mol. The maximum absolute atomic E-state index is 12.8. The third kappa shape index (κ3) is 3.18. The summed E-state index contributed by atoms with van der Waals surface area (Å²) in [6, 6.07) is 10.4. The van der Waals surface area contributed by atoms with Crippen LogP contribution in [-0.4, -0.2) is 30.5 Å². The van der Waals surface area contributed by atoms with Crippen LogP contribution in [0.3, 0.4) is 0 Å². The second-order valence-electron chi connectivity index (χ2n) is 6.29. The lowest BCUT2D eigenvalue weighted by Gasteiger charge is -2.06. The molecule has 0 aliphatic carbocycles. The number of nitrogens with one attached hydrogen (secondary N) is 3. The number of methoxy groups -OCH3 is 1. The highest BCUT2D eigenvalue weighted by Gasteiger charge is 2.28. The fourth-order valence-electron chi connectivity index (χ4n) is 3.11. The van der Waals surface area contributed by atoms with Crippen molar-refractivity contribution >= 4 is 34.5 Å². The molecule has 3 aromatic rings. The van der Waals surface area contributed by atoms with Crippen LogP contribution in [0.4, 0.5) is 10.5 Å². The van der Waals surface area contributed by atoms with Crippen LogP contribution in [0.1, 0.15) is 22.8 Å². The van der Waals surface area contributed by atoms with Gasteiger partial charge in [0, 0.05) is 34.9 Å². The van der Waals surface area contributed by atoms with Crippen LogP contribution in [-0.2, 0) is 0 Å². The summed E-state index contributed by atoms with van der Waals surface area (Å²) < 4.78 is 11.0. The van der Waals surface area contributed by atoms with Crippen molar-refractivity contribution in [1.29, 1.82) is 0 Å². The lowest BCUT2D eigenvalue weighted by atomic mass is 10.1. The first-order chi connectivity index (χ1) is 13.6. The Labute approximate surface area is 161 Å². The van der Waals surface area contributed by atoms with Gasteiger partial charge in [-0.25, -0.2) is 4.79 Å². The van der Waals surface area contributed by atoms with E-state index in [4.69, 9.17) is 9.47 Å². The van der Waals surface area contributed by atoms with Gasteiger partial charge in [0.25, 0.3) is 0 Å². The van der Waals surface area contributed by atoms with E-state index in [1.54, 1.807) is 31.4 Å². The molecule has 1 aliphatic rings. The van der Waals surface area contributed by atoms with Gasteiger partial charge < -0.3 is 25.1 Å². The van der Waals surface area contributed by atoms with Gasteiger partial charge in [-0.1, -0.05) is 0 Å². The molecule has 2 aromatic carbocycles. The summed E-state index contributed by atoms with van der Waals surface area (Å²) in [5, 5.41) is 6.27. The number of aromatic amines is 1. The summed E-state index contributed by atoms with van der Waals surface area (Å²) in [6.07, 6.45) is 3.52. The van der Waals surface area contributed by atoms with Crippen molar-refractivity contribution in [3.8, 4) is 11.5 Å². The molecular weight excluding hydrogens is 358 g/mol. The Hall–Kier alpha value is -3.74. The van der Waals surface area contributed by atoms with Crippen LogP contribution in [0.2, 0.25) is 0 Å². The maximum atomic E-state index is 12.8. The predicted octanol–water partition coefficient (Wildman–Crippen LogP) is 3.93. The van der Waals surface area contributed by atoms with Crippen LogP contribution >= 0.6 is 0 Å². The largest absolute Gasteiger partial charge is 0.497 e. The summed E-state index contributed by atoms with van der Waals surface area (Å²) >= 11 is 0. The van der Waals surface area contributed by atoms with Gasteiger partial charge in [-0.3, -0.25) is 4.79 Å². The van der Waals surface area contributed by atoms with E-state index in [2.05, 4.69) is 15.6 Å². The third-order valence-electron chi connectivity index (χ3n) is 4.47. The van der Waals surface area contributed by atoms with Crippen LogP contribution < -0.4 is 20.1 Å². The van der Waals surface area contributed by atoms with Crippen molar-refractivity contribution in [3.05, 3.63) is 59.5 Å². The van der Waals surface area contributed by atoms with Crippen molar-refractivity contribution in [2.45, 2.75) is 6.92 Å². The molecule has 0 spiro atoms. The highest BCUT2D eigenvalue weighted by Crippen LogP contribution is 2.35. The van der Waals surface area contributed by atoms with Crippen LogP contribution in [0.15, 0.2) is 48.4 Å². The molecule has 4 rings (SSSR count). The fourth-order valence-corrected chi connectivity index (χ4v) is 3.11. The van der Waals surface area contributed by atoms with E-state index < -0.39 is 0 Å². The van der Waals surface area contributed by atoms with E-state index in [0.29, 0.717) is 23.5 Å². The first kappa shape index (κ1) is 17.7. The van der Waals surface area contributed by atoms with E-state index in [0.717, 1.165) is 22.2 Å². The number of Topliss-reactive ketones (excluding diaryl/α,β-unsaturated/α-hetero) is 1. The molecule has 7 nitrogen and oxygen atoms in total. The summed E-state index contributed by atoms with van der Waals surface area (Å²) in [5.41, 5.74) is 2.70. The molecule has 0 radical (unpaired) electrons. The molecule has 1 aliphatic heterocycles. The fraction of sp³-hybridized carbons (Fsp3) is 0.143. The van der Waals surface area contributed by atoms with Gasteiger partial charge in [0.15, 0.2) is 5.76 Å². The van der Waals surface area contributed by atoms with Gasteiger partial charge in [-0.15, -0.1) is 0 Å². The number of hydrogen-bond donors (Lipinski definition) is 3. The normalized spacial score (nSPS) is 14.1. The zero-order chi connectivity index (χ0) is 19.7. The topological polar surface area (TPSA) is 92.5 Å². The van der Waals surface area contributed by atoms with E-state index in [1.807, 2.05) is 31.3 Å². The average Bonchev–Trinajstić information content (AvgIpc) is 3.23. The zero-order valence-corrected chi connectivity index (χ0v) is 15.5. The predicted molar refractivity (Wildman–Crippen MR) is 107 cm³/mol. The lowest BCUT2D eigenvalue weighted by molar-refractivity contribution is 0.101. The SMILES string of the molecule is CCNC(=O)Nc1ccc2c(c1)C(=O)C(=Cc1c[nH]c3ccc(OC)cc13)O2. The van der Waals surface area contributed by atoms with Crippen molar-refractivity contribution in [1.82, 2.24) is 10.3 Å².